The molecule has 1 fully saturated rings. The SMILES string of the molecule is CC(C)c1cccc(CCCO)c1-n1c(=O)nc(N2CCN(C(=O)OC(C)(C)C)C[C@@H]2C)c2cc(F)c(-c3cccc4cn[nH]c34)nc21. The van der Waals surface area contributed by atoms with Crippen molar-refractivity contribution in [2.24, 2.45) is 0 Å². The number of benzene rings is 2. The quantitative estimate of drug-likeness (QED) is 0.220. The van der Waals surface area contributed by atoms with Crippen LogP contribution in [-0.2, 0) is 11.2 Å². The molecule has 252 valence electrons. The first kappa shape index (κ1) is 33.1. The maximum atomic E-state index is 16.4. The van der Waals surface area contributed by atoms with E-state index in [0.717, 1.165) is 16.5 Å². The van der Waals surface area contributed by atoms with Crippen LogP contribution in [0.25, 0.3) is 38.9 Å². The number of aliphatic hydroxyl groups excluding tert-OH is 1. The molecule has 0 aliphatic carbocycles. The molecule has 0 unspecified atom stereocenters. The Morgan fingerprint density at radius 3 is 2.62 bits per heavy atom. The zero-order chi connectivity index (χ0) is 34.3. The number of aromatic amines is 1. The summed E-state index contributed by atoms with van der Waals surface area (Å²) in [7, 11) is 0. The third-order valence-electron chi connectivity index (χ3n) is 8.69. The fourth-order valence-electron chi connectivity index (χ4n) is 6.47. The van der Waals surface area contributed by atoms with Gasteiger partial charge in [-0.3, -0.25) is 5.10 Å². The fourth-order valence-corrected chi connectivity index (χ4v) is 6.47. The van der Waals surface area contributed by atoms with Gasteiger partial charge in [-0.25, -0.2) is 23.5 Å². The molecule has 2 N–H and O–H groups in total. The van der Waals surface area contributed by atoms with E-state index in [1.807, 2.05) is 76.8 Å². The van der Waals surface area contributed by atoms with Crippen LogP contribution in [-0.4, -0.2) is 78.7 Å². The lowest BCUT2D eigenvalue weighted by Gasteiger charge is -2.41. The van der Waals surface area contributed by atoms with Gasteiger partial charge in [-0.05, 0) is 63.6 Å². The van der Waals surface area contributed by atoms with Gasteiger partial charge in [0.25, 0.3) is 0 Å². The standard InChI is InChI=1S/C36H42FN7O4/c1-21(2)25-13-7-10-23(12-9-17-45)31(25)44-33-27(18-28(37)30(39-33)26-14-8-11-24-19-38-41-29(24)26)32(40-34(44)46)43-16-15-42(20-22(43)3)35(47)48-36(4,5)6/h7-8,10-11,13-14,18-19,21-22,45H,9,12,15-17,20H2,1-6H3,(H,38,41)/t22-/m0/s1. The van der Waals surface area contributed by atoms with Gasteiger partial charge < -0.3 is 19.6 Å². The van der Waals surface area contributed by atoms with Gasteiger partial charge in [-0.1, -0.05) is 50.2 Å². The summed E-state index contributed by atoms with van der Waals surface area (Å²) in [6, 6.07) is 12.5. The van der Waals surface area contributed by atoms with E-state index in [1.54, 1.807) is 17.2 Å². The van der Waals surface area contributed by atoms with E-state index in [9.17, 15) is 14.7 Å². The summed E-state index contributed by atoms with van der Waals surface area (Å²) in [6.45, 7) is 12.5. The number of fused-ring (bicyclic) bond motifs is 2. The van der Waals surface area contributed by atoms with E-state index in [4.69, 9.17) is 9.72 Å². The lowest BCUT2D eigenvalue weighted by Crippen LogP contribution is -2.55. The summed E-state index contributed by atoms with van der Waals surface area (Å²) in [5.41, 5.74) is 2.70. The maximum absolute atomic E-state index is 16.4. The molecular weight excluding hydrogens is 613 g/mol. The molecule has 1 amide bonds. The average Bonchev–Trinajstić information content (AvgIpc) is 3.52. The minimum absolute atomic E-state index is 0.00681. The Morgan fingerprint density at radius 1 is 1.15 bits per heavy atom. The Labute approximate surface area is 278 Å². The van der Waals surface area contributed by atoms with Crippen molar-refractivity contribution in [1.82, 2.24) is 29.6 Å². The zero-order valence-corrected chi connectivity index (χ0v) is 28.2. The van der Waals surface area contributed by atoms with Crippen LogP contribution in [0.4, 0.5) is 15.0 Å². The minimum Gasteiger partial charge on any atom is -0.444 e. The molecule has 11 nitrogen and oxygen atoms in total. The van der Waals surface area contributed by atoms with Gasteiger partial charge in [0.1, 0.15) is 22.9 Å². The predicted molar refractivity (Wildman–Crippen MR) is 184 cm³/mol. The van der Waals surface area contributed by atoms with E-state index in [1.165, 1.54) is 10.6 Å². The third kappa shape index (κ3) is 6.24. The Hall–Kier alpha value is -4.84. The summed E-state index contributed by atoms with van der Waals surface area (Å²) in [4.78, 5) is 40.4. The summed E-state index contributed by atoms with van der Waals surface area (Å²) in [6.07, 6.45) is 2.28. The Bertz CT molecular complexity index is 2050. The van der Waals surface area contributed by atoms with Crippen molar-refractivity contribution in [3.8, 4) is 16.9 Å². The molecule has 0 saturated carbocycles. The van der Waals surface area contributed by atoms with Crippen molar-refractivity contribution in [3.63, 3.8) is 0 Å². The largest absolute Gasteiger partial charge is 0.444 e. The molecule has 12 heteroatoms. The number of carbonyl (C=O) groups excluding carboxylic acids is 1. The van der Waals surface area contributed by atoms with Crippen molar-refractivity contribution in [2.45, 2.75) is 71.9 Å². The number of aromatic nitrogens is 5. The first-order valence-corrected chi connectivity index (χ1v) is 16.4. The van der Waals surface area contributed by atoms with Crippen molar-refractivity contribution >= 4 is 33.8 Å². The number of pyridine rings is 1. The second-order valence-electron chi connectivity index (χ2n) is 13.7. The van der Waals surface area contributed by atoms with E-state index in [2.05, 4.69) is 15.2 Å². The monoisotopic (exact) mass is 655 g/mol. The van der Waals surface area contributed by atoms with Gasteiger partial charge in [0.2, 0.25) is 0 Å². The second kappa shape index (κ2) is 13.0. The van der Waals surface area contributed by atoms with Crippen LogP contribution in [0.2, 0.25) is 0 Å². The number of carbonyl (C=O) groups is 1. The number of ether oxygens (including phenoxy) is 1. The van der Waals surface area contributed by atoms with Gasteiger partial charge in [-0.15, -0.1) is 0 Å². The lowest BCUT2D eigenvalue weighted by molar-refractivity contribution is 0.0218. The molecule has 3 aromatic heterocycles. The van der Waals surface area contributed by atoms with Crippen molar-refractivity contribution < 1.29 is 19.0 Å². The van der Waals surface area contributed by atoms with E-state index < -0.39 is 23.2 Å². The third-order valence-corrected chi connectivity index (χ3v) is 8.69. The highest BCUT2D eigenvalue weighted by Gasteiger charge is 2.33. The number of nitrogens with one attached hydrogen (secondary N) is 1. The first-order valence-electron chi connectivity index (χ1n) is 16.4. The van der Waals surface area contributed by atoms with E-state index in [0.29, 0.717) is 60.4 Å². The molecule has 48 heavy (non-hydrogen) atoms. The highest BCUT2D eigenvalue weighted by Crippen LogP contribution is 2.35. The number of rotatable bonds is 7. The van der Waals surface area contributed by atoms with Gasteiger partial charge in [0, 0.05) is 43.2 Å². The number of hydrogen-bond donors (Lipinski definition) is 2. The number of aryl methyl sites for hydroxylation is 1. The molecule has 6 rings (SSSR count). The zero-order valence-electron chi connectivity index (χ0n) is 28.2. The molecule has 0 radical (unpaired) electrons. The number of halogens is 1. The van der Waals surface area contributed by atoms with Gasteiger partial charge in [0.05, 0.1) is 22.8 Å². The number of nitrogens with zero attached hydrogens (tertiary/aromatic N) is 6. The van der Waals surface area contributed by atoms with Crippen LogP contribution in [0.3, 0.4) is 0 Å². The maximum Gasteiger partial charge on any atom is 0.410 e. The molecule has 5 aromatic rings. The number of anilines is 1. The minimum atomic E-state index is -0.635. The molecule has 0 spiro atoms. The number of para-hydroxylation sites is 2. The number of aliphatic hydroxyl groups is 1. The van der Waals surface area contributed by atoms with Gasteiger partial charge >= 0.3 is 11.8 Å². The lowest BCUT2D eigenvalue weighted by atomic mass is 9.95. The van der Waals surface area contributed by atoms with Crippen LogP contribution in [0.5, 0.6) is 0 Å². The predicted octanol–water partition coefficient (Wildman–Crippen LogP) is 5.96. The Balaban J connectivity index is 1.58. The Kier molecular flexibility index (Phi) is 8.95. The topological polar surface area (TPSA) is 129 Å². The van der Waals surface area contributed by atoms with E-state index in [-0.39, 0.29) is 29.9 Å². The summed E-state index contributed by atoms with van der Waals surface area (Å²) in [5.74, 6) is -0.231. The van der Waals surface area contributed by atoms with Crippen LogP contribution in [0, 0.1) is 5.82 Å². The molecule has 0 bridgehead atoms. The second-order valence-corrected chi connectivity index (χ2v) is 13.7. The van der Waals surface area contributed by atoms with Gasteiger partial charge in [0.15, 0.2) is 5.65 Å². The highest BCUT2D eigenvalue weighted by molar-refractivity contribution is 5.96. The number of piperazine rings is 1. The molecular formula is C36H42FN7O4. The number of amides is 1. The smallest absolute Gasteiger partial charge is 0.410 e. The highest BCUT2D eigenvalue weighted by atomic mass is 19.1. The first-order chi connectivity index (χ1) is 22.9. The summed E-state index contributed by atoms with van der Waals surface area (Å²) < 4.78 is 23.5. The summed E-state index contributed by atoms with van der Waals surface area (Å²) in [5, 5.41) is 18.0. The number of hydrogen-bond acceptors (Lipinski definition) is 8. The van der Waals surface area contributed by atoms with Crippen LogP contribution in [0.15, 0.2) is 53.5 Å². The van der Waals surface area contributed by atoms with Crippen LogP contribution >= 0.6 is 0 Å². The van der Waals surface area contributed by atoms with Crippen LogP contribution < -0.4 is 10.6 Å². The van der Waals surface area contributed by atoms with Crippen LogP contribution in [0.1, 0.15) is 65.0 Å². The Morgan fingerprint density at radius 2 is 1.92 bits per heavy atom. The van der Waals surface area contributed by atoms with Crippen molar-refractivity contribution in [2.75, 3.05) is 31.1 Å². The fraction of sp³-hybridized carbons (Fsp3) is 0.417. The normalized spacial score (nSPS) is 15.6. The molecule has 1 aliphatic rings. The molecule has 1 aliphatic heterocycles. The van der Waals surface area contributed by atoms with E-state index >= 15 is 4.39 Å². The average molecular weight is 656 g/mol. The van der Waals surface area contributed by atoms with Crippen molar-refractivity contribution in [1.29, 1.82) is 0 Å². The molecule has 1 saturated heterocycles. The number of H-pyrrole nitrogens is 1. The molecule has 1 atom stereocenters. The summed E-state index contributed by atoms with van der Waals surface area (Å²) >= 11 is 0. The molecule has 4 heterocycles. The molecule has 2 aromatic carbocycles. The van der Waals surface area contributed by atoms with Gasteiger partial charge in [-0.2, -0.15) is 10.1 Å². The van der Waals surface area contributed by atoms with Crippen molar-refractivity contribution in [3.05, 3.63) is 76.1 Å².